The van der Waals surface area contributed by atoms with Gasteiger partial charge in [0.15, 0.2) is 0 Å². The third kappa shape index (κ3) is 6.54. The summed E-state index contributed by atoms with van der Waals surface area (Å²) in [5.41, 5.74) is 1.52. The van der Waals surface area contributed by atoms with E-state index in [1.54, 1.807) is 0 Å². The Morgan fingerprint density at radius 3 is 2.35 bits per heavy atom. The zero-order chi connectivity index (χ0) is 12.7. The van der Waals surface area contributed by atoms with E-state index in [2.05, 4.69) is 69.4 Å². The summed E-state index contributed by atoms with van der Waals surface area (Å²) in [6.07, 6.45) is 4.27. The van der Waals surface area contributed by atoms with Gasteiger partial charge in [-0.25, -0.2) is 0 Å². The van der Waals surface area contributed by atoms with Crippen molar-refractivity contribution in [2.45, 2.75) is 44.7 Å². The average Bonchev–Trinajstić information content (AvgIpc) is 2.27. The van der Waals surface area contributed by atoms with Gasteiger partial charge in [-0.15, -0.1) is 11.8 Å². The maximum absolute atomic E-state index is 3.49. The van der Waals surface area contributed by atoms with Gasteiger partial charge in [0.1, 0.15) is 0 Å². The van der Waals surface area contributed by atoms with Gasteiger partial charge in [0.2, 0.25) is 0 Å². The smallest absolute Gasteiger partial charge is 0.0210 e. The van der Waals surface area contributed by atoms with Crippen LogP contribution in [0.4, 0.5) is 0 Å². The molecule has 0 aliphatic carbocycles. The van der Waals surface area contributed by atoms with E-state index in [4.69, 9.17) is 0 Å². The molecular weight excluding hydrogens is 226 g/mol. The van der Waals surface area contributed by atoms with E-state index in [-0.39, 0.29) is 5.54 Å². The number of benzene rings is 1. The second-order valence-electron chi connectivity index (χ2n) is 5.13. The van der Waals surface area contributed by atoms with Crippen LogP contribution in [0.2, 0.25) is 0 Å². The fourth-order valence-electron chi connectivity index (χ4n) is 1.31. The first-order valence-electron chi connectivity index (χ1n) is 6.09. The van der Waals surface area contributed by atoms with Crippen LogP contribution in [-0.2, 0) is 6.54 Å². The molecule has 1 aromatic carbocycles. The molecule has 0 saturated carbocycles. The molecule has 0 spiro atoms. The lowest BCUT2D eigenvalue weighted by Gasteiger charge is -2.20. The Balaban J connectivity index is 2.44. The number of allylic oxidation sites excluding steroid dienone is 1. The molecule has 1 N–H and O–H groups in total. The number of hydrogen-bond donors (Lipinski definition) is 1. The first-order chi connectivity index (χ1) is 8.01. The van der Waals surface area contributed by atoms with Crippen LogP contribution < -0.4 is 5.32 Å². The number of thioether (sulfide) groups is 1. The Bertz CT molecular complexity index is 346. The Morgan fingerprint density at radius 1 is 1.18 bits per heavy atom. The van der Waals surface area contributed by atoms with E-state index in [1.807, 2.05) is 11.8 Å². The minimum absolute atomic E-state index is 0.180. The predicted molar refractivity (Wildman–Crippen MR) is 78.6 cm³/mol. The highest BCUT2D eigenvalue weighted by molar-refractivity contribution is 7.99. The van der Waals surface area contributed by atoms with Crippen LogP contribution in [-0.4, -0.2) is 11.3 Å². The molecule has 0 aliphatic rings. The minimum Gasteiger partial charge on any atom is -0.308 e. The van der Waals surface area contributed by atoms with E-state index in [0.29, 0.717) is 0 Å². The van der Waals surface area contributed by atoms with Gasteiger partial charge in [-0.2, -0.15) is 0 Å². The summed E-state index contributed by atoms with van der Waals surface area (Å²) in [4.78, 5) is 1.34. The van der Waals surface area contributed by atoms with Gasteiger partial charge in [-0.05, 0) is 45.4 Å². The zero-order valence-corrected chi connectivity index (χ0v) is 12.1. The van der Waals surface area contributed by atoms with Crippen LogP contribution >= 0.6 is 11.8 Å². The summed E-state index contributed by atoms with van der Waals surface area (Å²) in [6.45, 7) is 9.56. The van der Waals surface area contributed by atoms with Crippen LogP contribution in [0.15, 0.2) is 41.3 Å². The highest BCUT2D eigenvalue weighted by Gasteiger charge is 2.07. The van der Waals surface area contributed by atoms with Crippen molar-refractivity contribution in [3.8, 4) is 0 Å². The van der Waals surface area contributed by atoms with Gasteiger partial charge in [0.25, 0.3) is 0 Å². The molecule has 0 aromatic heterocycles. The van der Waals surface area contributed by atoms with Gasteiger partial charge in [-0.1, -0.05) is 24.3 Å². The van der Waals surface area contributed by atoms with Crippen molar-refractivity contribution < 1.29 is 0 Å². The van der Waals surface area contributed by atoms with Gasteiger partial charge >= 0.3 is 0 Å². The summed E-state index contributed by atoms with van der Waals surface area (Å²) >= 11 is 1.87. The molecule has 0 amide bonds. The molecule has 17 heavy (non-hydrogen) atoms. The first-order valence-corrected chi connectivity index (χ1v) is 7.08. The summed E-state index contributed by atoms with van der Waals surface area (Å²) in [6, 6.07) is 8.81. The van der Waals surface area contributed by atoms with E-state index >= 15 is 0 Å². The minimum atomic E-state index is 0.180. The topological polar surface area (TPSA) is 12.0 Å². The molecule has 1 nitrogen and oxygen atoms in total. The van der Waals surface area contributed by atoms with Gasteiger partial charge < -0.3 is 5.32 Å². The number of rotatable bonds is 5. The lowest BCUT2D eigenvalue weighted by molar-refractivity contribution is 0.424. The van der Waals surface area contributed by atoms with Crippen LogP contribution in [0.1, 0.15) is 33.3 Å². The third-order valence-electron chi connectivity index (χ3n) is 2.33. The molecule has 2 heteroatoms. The number of hydrogen-bond acceptors (Lipinski definition) is 2. The van der Waals surface area contributed by atoms with Crippen molar-refractivity contribution in [2.24, 2.45) is 0 Å². The van der Waals surface area contributed by atoms with Crippen molar-refractivity contribution in [2.75, 3.05) is 5.75 Å². The van der Waals surface area contributed by atoms with Crippen LogP contribution in [0, 0.1) is 0 Å². The third-order valence-corrected chi connectivity index (χ3v) is 3.29. The molecule has 94 valence electrons. The molecule has 0 atom stereocenters. The van der Waals surface area contributed by atoms with Crippen molar-refractivity contribution in [3.05, 3.63) is 42.0 Å². The lowest BCUT2D eigenvalue weighted by Crippen LogP contribution is -2.35. The average molecular weight is 249 g/mol. The van der Waals surface area contributed by atoms with E-state index in [1.165, 1.54) is 10.5 Å². The second kappa shape index (κ2) is 6.87. The predicted octanol–water partition coefficient (Wildman–Crippen LogP) is 4.24. The monoisotopic (exact) mass is 249 g/mol. The maximum Gasteiger partial charge on any atom is 0.0210 e. The van der Waals surface area contributed by atoms with Gasteiger partial charge in [0, 0.05) is 22.7 Å². The maximum atomic E-state index is 3.49. The summed E-state index contributed by atoms with van der Waals surface area (Å²) in [5, 5.41) is 3.49. The van der Waals surface area contributed by atoms with Crippen molar-refractivity contribution in [3.63, 3.8) is 0 Å². The van der Waals surface area contributed by atoms with Crippen LogP contribution in [0.5, 0.6) is 0 Å². The largest absolute Gasteiger partial charge is 0.308 e. The highest BCUT2D eigenvalue weighted by Crippen LogP contribution is 2.18. The molecule has 0 radical (unpaired) electrons. The Kier molecular flexibility index (Phi) is 5.79. The Morgan fingerprint density at radius 2 is 1.82 bits per heavy atom. The molecule has 0 aliphatic heterocycles. The van der Waals surface area contributed by atoms with E-state index < -0.39 is 0 Å². The fraction of sp³-hybridized carbons (Fsp3) is 0.467. The molecule has 0 fully saturated rings. The fourth-order valence-corrected chi connectivity index (χ4v) is 2.12. The van der Waals surface area contributed by atoms with Crippen LogP contribution in [0.3, 0.4) is 0 Å². The summed E-state index contributed by atoms with van der Waals surface area (Å²) < 4.78 is 0. The van der Waals surface area contributed by atoms with Crippen molar-refractivity contribution in [1.82, 2.24) is 5.32 Å². The Hall–Kier alpha value is -0.730. The van der Waals surface area contributed by atoms with Crippen molar-refractivity contribution in [1.29, 1.82) is 0 Å². The molecule has 0 saturated heterocycles. The zero-order valence-electron chi connectivity index (χ0n) is 11.3. The van der Waals surface area contributed by atoms with Crippen molar-refractivity contribution >= 4 is 11.8 Å². The van der Waals surface area contributed by atoms with E-state index in [0.717, 1.165) is 12.3 Å². The molecule has 0 bridgehead atoms. The van der Waals surface area contributed by atoms with Gasteiger partial charge in [-0.3, -0.25) is 0 Å². The first kappa shape index (κ1) is 14.3. The normalized spacial score (nSPS) is 12.2. The molecule has 0 heterocycles. The molecular formula is C15H23NS. The highest BCUT2D eigenvalue weighted by atomic mass is 32.2. The molecule has 0 unspecified atom stereocenters. The molecule has 1 rings (SSSR count). The van der Waals surface area contributed by atoms with Gasteiger partial charge in [0.05, 0.1) is 0 Å². The quantitative estimate of drug-likeness (QED) is 0.618. The second-order valence-corrected chi connectivity index (χ2v) is 6.22. The van der Waals surface area contributed by atoms with E-state index in [9.17, 15) is 0 Å². The Labute approximate surface area is 110 Å². The number of nitrogens with one attached hydrogen (secondary N) is 1. The van der Waals surface area contributed by atoms with Crippen LogP contribution in [0.25, 0.3) is 0 Å². The standard InChI is InChI=1S/C15H23NS/c1-5-6-11-17-14-9-7-13(8-10-14)12-16-15(2,3)4/h5-10,16H,11-12H2,1-4H3/b6-5+. The lowest BCUT2D eigenvalue weighted by atomic mass is 10.1. The summed E-state index contributed by atoms with van der Waals surface area (Å²) in [7, 11) is 0. The SMILES string of the molecule is C/C=C/CSc1ccc(CNC(C)(C)C)cc1. The summed E-state index contributed by atoms with van der Waals surface area (Å²) in [5.74, 6) is 1.05. The molecule has 1 aromatic rings.